The minimum atomic E-state index is 0.534. The van der Waals surface area contributed by atoms with Crippen molar-refractivity contribution in [1.82, 2.24) is 4.98 Å². The highest BCUT2D eigenvalue weighted by atomic mass is 16.5. The molecule has 1 saturated carbocycles. The maximum atomic E-state index is 6.27. The molecule has 0 radical (unpaired) electrons. The van der Waals surface area contributed by atoms with Crippen molar-refractivity contribution in [1.29, 1.82) is 0 Å². The first kappa shape index (κ1) is 26.8. The molecule has 3 rings (SSSR count). The third-order valence-electron chi connectivity index (χ3n) is 8.09. The Hall–Kier alpha value is -1.83. The third kappa shape index (κ3) is 8.14. The fourth-order valence-corrected chi connectivity index (χ4v) is 5.81. The standard InChI is InChI=1S/C32H49NO/c1-4-6-8-10-11-15-27-18-20-28(21-19-27)26(3)31-25-33-23-22-29(31)30-16-12-13-17-32(30)34-24-14-9-7-5-2/h12-13,16-17,22-23,25-28H,4-11,14-15,18-21,24H2,1-3H3. The second-order valence-corrected chi connectivity index (χ2v) is 10.6. The number of benzene rings is 1. The Labute approximate surface area is 209 Å². The minimum Gasteiger partial charge on any atom is -0.493 e. The monoisotopic (exact) mass is 463 g/mol. The first-order valence-corrected chi connectivity index (χ1v) is 14.4. The predicted octanol–water partition coefficient (Wildman–Crippen LogP) is 9.98. The summed E-state index contributed by atoms with van der Waals surface area (Å²) >= 11 is 0. The zero-order valence-electron chi connectivity index (χ0n) is 22.2. The van der Waals surface area contributed by atoms with Crippen LogP contribution >= 0.6 is 0 Å². The van der Waals surface area contributed by atoms with E-state index < -0.39 is 0 Å². The van der Waals surface area contributed by atoms with E-state index in [1.165, 1.54) is 100 Å². The number of unbranched alkanes of at least 4 members (excludes halogenated alkanes) is 7. The summed E-state index contributed by atoms with van der Waals surface area (Å²) in [6, 6.07) is 10.8. The van der Waals surface area contributed by atoms with Gasteiger partial charge in [-0.15, -0.1) is 0 Å². The first-order valence-electron chi connectivity index (χ1n) is 14.4. The number of pyridine rings is 1. The Morgan fingerprint density at radius 1 is 0.824 bits per heavy atom. The molecule has 1 heterocycles. The van der Waals surface area contributed by atoms with Crippen LogP contribution in [0.1, 0.15) is 122 Å². The molecule has 34 heavy (non-hydrogen) atoms. The molecule has 0 saturated heterocycles. The Kier molecular flexibility index (Phi) is 12.0. The molecule has 2 aromatic rings. The highest BCUT2D eigenvalue weighted by molar-refractivity contribution is 5.73. The second-order valence-electron chi connectivity index (χ2n) is 10.6. The van der Waals surface area contributed by atoms with E-state index in [1.807, 2.05) is 6.20 Å². The molecule has 0 spiro atoms. The number of nitrogens with zero attached hydrogens (tertiary/aromatic N) is 1. The lowest BCUT2D eigenvalue weighted by atomic mass is 9.72. The van der Waals surface area contributed by atoms with Gasteiger partial charge in [-0.1, -0.05) is 110 Å². The molecular formula is C32H49NO. The van der Waals surface area contributed by atoms with Crippen LogP contribution in [0.2, 0.25) is 0 Å². The maximum absolute atomic E-state index is 6.27. The maximum Gasteiger partial charge on any atom is 0.127 e. The SMILES string of the molecule is CCCCCCCC1CCC(C(C)c2cnccc2-c2ccccc2OCCCCCC)CC1. The second kappa shape index (κ2) is 15.2. The van der Waals surface area contributed by atoms with Gasteiger partial charge in [0.15, 0.2) is 0 Å². The highest BCUT2D eigenvalue weighted by Crippen LogP contribution is 2.43. The number of rotatable bonds is 15. The van der Waals surface area contributed by atoms with Crippen LogP contribution in [0.3, 0.4) is 0 Å². The molecule has 1 aromatic heterocycles. The van der Waals surface area contributed by atoms with Gasteiger partial charge in [0.05, 0.1) is 6.61 Å². The summed E-state index contributed by atoms with van der Waals surface area (Å²) in [6.45, 7) is 7.79. The van der Waals surface area contributed by atoms with Crippen molar-refractivity contribution < 1.29 is 4.74 Å². The number of hydrogen-bond acceptors (Lipinski definition) is 2. The number of aromatic nitrogens is 1. The van der Waals surface area contributed by atoms with Crippen molar-refractivity contribution in [3.05, 3.63) is 48.3 Å². The molecule has 2 heteroatoms. The third-order valence-corrected chi connectivity index (χ3v) is 8.09. The van der Waals surface area contributed by atoms with E-state index in [1.54, 1.807) is 0 Å². The smallest absolute Gasteiger partial charge is 0.127 e. The fraction of sp³-hybridized carbons (Fsp3) is 0.656. The average Bonchev–Trinajstić information content (AvgIpc) is 2.89. The van der Waals surface area contributed by atoms with Crippen LogP contribution in [0.15, 0.2) is 42.7 Å². The Balaban J connectivity index is 1.60. The summed E-state index contributed by atoms with van der Waals surface area (Å²) in [6.07, 6.45) is 23.0. The number of ether oxygens (including phenoxy) is 1. The van der Waals surface area contributed by atoms with Crippen LogP contribution in [0, 0.1) is 11.8 Å². The summed E-state index contributed by atoms with van der Waals surface area (Å²) in [5.41, 5.74) is 3.93. The lowest BCUT2D eigenvalue weighted by molar-refractivity contribution is 0.236. The van der Waals surface area contributed by atoms with Crippen LogP contribution in [0.25, 0.3) is 11.1 Å². The molecule has 0 aliphatic heterocycles. The van der Waals surface area contributed by atoms with Gasteiger partial charge in [-0.3, -0.25) is 4.98 Å². The summed E-state index contributed by atoms with van der Waals surface area (Å²) < 4.78 is 6.27. The van der Waals surface area contributed by atoms with Gasteiger partial charge in [-0.25, -0.2) is 0 Å². The summed E-state index contributed by atoms with van der Waals surface area (Å²) in [4.78, 5) is 4.55. The lowest BCUT2D eigenvalue weighted by Gasteiger charge is -2.33. The minimum absolute atomic E-state index is 0.534. The van der Waals surface area contributed by atoms with Crippen molar-refractivity contribution in [3.8, 4) is 16.9 Å². The van der Waals surface area contributed by atoms with E-state index in [4.69, 9.17) is 4.74 Å². The van der Waals surface area contributed by atoms with E-state index in [2.05, 4.69) is 62.3 Å². The lowest BCUT2D eigenvalue weighted by Crippen LogP contribution is -2.19. The van der Waals surface area contributed by atoms with Gasteiger partial charge in [0.2, 0.25) is 0 Å². The van der Waals surface area contributed by atoms with Gasteiger partial charge in [0, 0.05) is 18.0 Å². The Morgan fingerprint density at radius 3 is 2.29 bits per heavy atom. The van der Waals surface area contributed by atoms with Crippen LogP contribution in [0.4, 0.5) is 0 Å². The van der Waals surface area contributed by atoms with E-state index in [9.17, 15) is 0 Å². The van der Waals surface area contributed by atoms with Crippen molar-refractivity contribution in [2.24, 2.45) is 11.8 Å². The summed E-state index contributed by atoms with van der Waals surface area (Å²) in [5, 5.41) is 0. The van der Waals surface area contributed by atoms with Crippen molar-refractivity contribution in [2.45, 2.75) is 117 Å². The van der Waals surface area contributed by atoms with Gasteiger partial charge < -0.3 is 4.74 Å². The molecule has 1 fully saturated rings. The predicted molar refractivity (Wildman–Crippen MR) is 147 cm³/mol. The van der Waals surface area contributed by atoms with E-state index >= 15 is 0 Å². The Bertz CT molecular complexity index is 808. The van der Waals surface area contributed by atoms with E-state index in [-0.39, 0.29) is 0 Å². The summed E-state index contributed by atoms with van der Waals surface area (Å²) in [5.74, 6) is 3.28. The van der Waals surface area contributed by atoms with Crippen molar-refractivity contribution in [2.75, 3.05) is 6.61 Å². The summed E-state index contributed by atoms with van der Waals surface area (Å²) in [7, 11) is 0. The van der Waals surface area contributed by atoms with Gasteiger partial charge >= 0.3 is 0 Å². The van der Waals surface area contributed by atoms with Crippen molar-refractivity contribution in [3.63, 3.8) is 0 Å². The normalized spacial score (nSPS) is 19.1. The molecule has 188 valence electrons. The largest absolute Gasteiger partial charge is 0.493 e. The van der Waals surface area contributed by atoms with Gasteiger partial charge in [0.25, 0.3) is 0 Å². The Morgan fingerprint density at radius 2 is 1.53 bits per heavy atom. The van der Waals surface area contributed by atoms with E-state index in [0.29, 0.717) is 5.92 Å². The highest BCUT2D eigenvalue weighted by Gasteiger charge is 2.27. The number of hydrogen-bond donors (Lipinski definition) is 0. The molecule has 0 bridgehead atoms. The quantitative estimate of drug-likeness (QED) is 0.245. The zero-order chi connectivity index (χ0) is 24.0. The molecule has 0 amide bonds. The van der Waals surface area contributed by atoms with Gasteiger partial charge in [0.1, 0.15) is 5.75 Å². The molecule has 2 nitrogen and oxygen atoms in total. The molecule has 1 unspecified atom stereocenters. The van der Waals surface area contributed by atoms with Crippen LogP contribution in [0.5, 0.6) is 5.75 Å². The molecule has 1 aliphatic rings. The topological polar surface area (TPSA) is 22.1 Å². The van der Waals surface area contributed by atoms with Gasteiger partial charge in [-0.05, 0) is 60.3 Å². The first-order chi connectivity index (χ1) is 16.7. The number of para-hydroxylation sites is 1. The van der Waals surface area contributed by atoms with Crippen LogP contribution in [-0.4, -0.2) is 11.6 Å². The molecular weight excluding hydrogens is 414 g/mol. The molecule has 1 aliphatic carbocycles. The molecule has 1 atom stereocenters. The van der Waals surface area contributed by atoms with E-state index in [0.717, 1.165) is 30.6 Å². The average molecular weight is 464 g/mol. The zero-order valence-corrected chi connectivity index (χ0v) is 22.2. The molecule has 0 N–H and O–H groups in total. The van der Waals surface area contributed by atoms with Crippen LogP contribution in [-0.2, 0) is 0 Å². The fourth-order valence-electron chi connectivity index (χ4n) is 5.81. The van der Waals surface area contributed by atoms with Crippen molar-refractivity contribution >= 4 is 0 Å². The molecule has 1 aromatic carbocycles. The van der Waals surface area contributed by atoms with Gasteiger partial charge in [-0.2, -0.15) is 0 Å². The van der Waals surface area contributed by atoms with Crippen LogP contribution < -0.4 is 4.74 Å².